The van der Waals surface area contributed by atoms with E-state index in [1.807, 2.05) is 0 Å². The first-order valence-electron chi connectivity index (χ1n) is 9.11. The van der Waals surface area contributed by atoms with Gasteiger partial charge < -0.3 is 4.74 Å². The fourth-order valence-electron chi connectivity index (χ4n) is 2.58. The lowest BCUT2D eigenvalue weighted by molar-refractivity contribution is 0.115. The molecule has 0 saturated heterocycles. The van der Waals surface area contributed by atoms with E-state index in [0.717, 1.165) is 25.9 Å². The molecule has 1 nitrogen and oxygen atoms in total. The molecule has 0 aliphatic rings. The van der Waals surface area contributed by atoms with E-state index in [1.54, 1.807) is 0 Å². The van der Waals surface area contributed by atoms with Gasteiger partial charge >= 0.3 is 0 Å². The van der Waals surface area contributed by atoms with E-state index in [9.17, 15) is 8.78 Å². The van der Waals surface area contributed by atoms with Gasteiger partial charge in [0, 0.05) is 6.61 Å². The van der Waals surface area contributed by atoms with Crippen molar-refractivity contribution in [3.05, 3.63) is 0 Å². The zero-order valence-electron chi connectivity index (χ0n) is 13.9. The predicted octanol–water partition coefficient (Wildman–Crippen LogP) is 6.40. The van der Waals surface area contributed by atoms with Crippen LogP contribution in [-0.4, -0.2) is 26.6 Å². The first-order valence-corrected chi connectivity index (χ1v) is 9.11. The lowest BCUT2D eigenvalue weighted by Gasteiger charge is -2.03. The molecule has 21 heavy (non-hydrogen) atoms. The summed E-state index contributed by atoms with van der Waals surface area (Å²) >= 11 is 0. The molecule has 0 aromatic carbocycles. The monoisotopic (exact) mass is 306 g/mol. The van der Waals surface area contributed by atoms with Gasteiger partial charge in [-0.2, -0.15) is 0 Å². The summed E-state index contributed by atoms with van der Waals surface area (Å²) in [5.74, 6) is 0. The molecule has 0 unspecified atom stereocenters. The standard InChI is InChI=1S/C18H36F2O/c19-15-13-11-9-7-5-3-1-2-4-6-8-10-12-14-17-21-18-16-20/h1-18H2. The molecule has 3 heteroatoms. The van der Waals surface area contributed by atoms with Gasteiger partial charge in [0.05, 0.1) is 13.3 Å². The van der Waals surface area contributed by atoms with Crippen LogP contribution in [0.25, 0.3) is 0 Å². The maximum Gasteiger partial charge on any atom is 0.113 e. The molecule has 0 N–H and O–H groups in total. The van der Waals surface area contributed by atoms with Crippen LogP contribution in [-0.2, 0) is 4.74 Å². The van der Waals surface area contributed by atoms with E-state index < -0.39 is 0 Å². The smallest absolute Gasteiger partial charge is 0.113 e. The van der Waals surface area contributed by atoms with Crippen LogP contribution in [0.4, 0.5) is 8.78 Å². The van der Waals surface area contributed by atoms with Crippen molar-refractivity contribution in [1.29, 1.82) is 0 Å². The van der Waals surface area contributed by atoms with Crippen LogP contribution in [0.2, 0.25) is 0 Å². The fourth-order valence-corrected chi connectivity index (χ4v) is 2.58. The molecule has 0 aliphatic carbocycles. The van der Waals surface area contributed by atoms with Crippen molar-refractivity contribution in [3.63, 3.8) is 0 Å². The van der Waals surface area contributed by atoms with Crippen molar-refractivity contribution in [1.82, 2.24) is 0 Å². The van der Waals surface area contributed by atoms with E-state index in [0.29, 0.717) is 0 Å². The predicted molar refractivity (Wildman–Crippen MR) is 87.4 cm³/mol. The highest BCUT2D eigenvalue weighted by molar-refractivity contribution is 4.49. The Kier molecular flexibility index (Phi) is 19.7. The Morgan fingerprint density at radius 3 is 1.14 bits per heavy atom. The summed E-state index contributed by atoms with van der Waals surface area (Å²) in [7, 11) is 0. The molecule has 0 aromatic rings. The second kappa shape index (κ2) is 19.8. The van der Waals surface area contributed by atoms with Gasteiger partial charge in [0.2, 0.25) is 0 Å². The van der Waals surface area contributed by atoms with Crippen LogP contribution in [0.1, 0.15) is 89.9 Å². The summed E-state index contributed by atoms with van der Waals surface area (Å²) in [6.07, 6.45) is 17.3. The lowest BCUT2D eigenvalue weighted by atomic mass is 10.0. The molecule has 0 aromatic heterocycles. The molecular weight excluding hydrogens is 270 g/mol. The largest absolute Gasteiger partial charge is 0.379 e. The Morgan fingerprint density at radius 2 is 0.762 bits per heavy atom. The minimum Gasteiger partial charge on any atom is -0.379 e. The molecule has 0 spiro atoms. The quantitative estimate of drug-likeness (QED) is 0.266. The summed E-state index contributed by atoms with van der Waals surface area (Å²) in [4.78, 5) is 0. The summed E-state index contributed by atoms with van der Waals surface area (Å²) in [5.41, 5.74) is 0. The van der Waals surface area contributed by atoms with E-state index in [2.05, 4.69) is 0 Å². The summed E-state index contributed by atoms with van der Waals surface area (Å²) in [5, 5.41) is 0. The first kappa shape index (κ1) is 20.8. The highest BCUT2D eigenvalue weighted by atomic mass is 19.1. The van der Waals surface area contributed by atoms with Crippen LogP contribution in [0.3, 0.4) is 0 Å². The number of ether oxygens (including phenoxy) is 1. The number of hydrogen-bond acceptors (Lipinski definition) is 1. The number of rotatable bonds is 18. The molecule has 0 heterocycles. The Morgan fingerprint density at radius 1 is 0.381 bits per heavy atom. The average molecular weight is 306 g/mol. The van der Waals surface area contributed by atoms with Gasteiger partial charge in [0.25, 0.3) is 0 Å². The topological polar surface area (TPSA) is 9.23 Å². The highest BCUT2D eigenvalue weighted by Gasteiger charge is 1.94. The molecule has 0 saturated carbocycles. The maximum absolute atomic E-state index is 11.9. The third-order valence-electron chi connectivity index (χ3n) is 3.89. The van der Waals surface area contributed by atoms with E-state index >= 15 is 0 Å². The second-order valence-electron chi connectivity index (χ2n) is 5.94. The van der Waals surface area contributed by atoms with E-state index in [1.165, 1.54) is 70.6 Å². The van der Waals surface area contributed by atoms with Crippen molar-refractivity contribution >= 4 is 0 Å². The molecule has 0 radical (unpaired) electrons. The van der Waals surface area contributed by atoms with Crippen LogP contribution in [0.5, 0.6) is 0 Å². The third-order valence-corrected chi connectivity index (χ3v) is 3.89. The molecule has 0 aliphatic heterocycles. The van der Waals surface area contributed by atoms with Gasteiger partial charge in [-0.05, 0) is 12.8 Å². The van der Waals surface area contributed by atoms with Gasteiger partial charge in [-0.15, -0.1) is 0 Å². The zero-order valence-corrected chi connectivity index (χ0v) is 13.9. The average Bonchev–Trinajstić information content (AvgIpc) is 2.50. The van der Waals surface area contributed by atoms with Crippen molar-refractivity contribution in [2.24, 2.45) is 0 Å². The number of unbranched alkanes of at least 4 members (excludes halogenated alkanes) is 13. The van der Waals surface area contributed by atoms with Gasteiger partial charge in [0.15, 0.2) is 0 Å². The van der Waals surface area contributed by atoms with Crippen LogP contribution in [0.15, 0.2) is 0 Å². The molecule has 0 atom stereocenters. The third kappa shape index (κ3) is 19.8. The van der Waals surface area contributed by atoms with Crippen LogP contribution < -0.4 is 0 Å². The lowest BCUT2D eigenvalue weighted by Crippen LogP contribution is -1.97. The molecular formula is C18H36F2O. The number of hydrogen-bond donors (Lipinski definition) is 0. The van der Waals surface area contributed by atoms with Gasteiger partial charge in [-0.1, -0.05) is 77.0 Å². The molecule has 0 amide bonds. The van der Waals surface area contributed by atoms with Gasteiger partial charge in [-0.3, -0.25) is 4.39 Å². The Balaban J connectivity index is 2.90. The van der Waals surface area contributed by atoms with Crippen LogP contribution in [0, 0.1) is 0 Å². The summed E-state index contributed by atoms with van der Waals surface area (Å²) < 4.78 is 28.7. The zero-order chi connectivity index (χ0) is 15.4. The Labute approximate surface area is 130 Å². The fraction of sp³-hybridized carbons (Fsp3) is 1.00. The Hall–Kier alpha value is -0.180. The van der Waals surface area contributed by atoms with Crippen molar-refractivity contribution in [2.75, 3.05) is 26.6 Å². The van der Waals surface area contributed by atoms with E-state index in [4.69, 9.17) is 4.74 Å². The van der Waals surface area contributed by atoms with Crippen molar-refractivity contribution < 1.29 is 13.5 Å². The summed E-state index contributed by atoms with van der Waals surface area (Å²) in [6.45, 7) is 0.466. The maximum atomic E-state index is 11.9. The first-order chi connectivity index (χ1) is 10.4. The van der Waals surface area contributed by atoms with Crippen molar-refractivity contribution in [2.45, 2.75) is 89.9 Å². The molecule has 0 fully saturated rings. The number of alkyl halides is 2. The van der Waals surface area contributed by atoms with Crippen LogP contribution >= 0.6 is 0 Å². The minimum atomic E-state index is -0.363. The molecule has 128 valence electrons. The highest BCUT2D eigenvalue weighted by Crippen LogP contribution is 2.13. The van der Waals surface area contributed by atoms with Gasteiger partial charge in [-0.25, -0.2) is 4.39 Å². The van der Waals surface area contributed by atoms with E-state index in [-0.39, 0.29) is 20.0 Å². The SMILES string of the molecule is FCCCCCCCCCCCCCCCCOCCF. The second-order valence-corrected chi connectivity index (χ2v) is 5.94. The van der Waals surface area contributed by atoms with Crippen molar-refractivity contribution in [3.8, 4) is 0 Å². The summed E-state index contributed by atoms with van der Waals surface area (Å²) in [6, 6.07) is 0. The van der Waals surface area contributed by atoms with Gasteiger partial charge in [0.1, 0.15) is 6.67 Å². The minimum absolute atomic E-state index is 0.148. The molecule has 0 rings (SSSR count). The molecule has 0 bridgehead atoms. The number of halogens is 2. The normalized spacial score (nSPS) is 11.1. The Bertz CT molecular complexity index is 159.